The number of hydrogen-bond acceptors (Lipinski definition) is 2. The van der Waals surface area contributed by atoms with Gasteiger partial charge >= 0.3 is 0 Å². The molecule has 0 heterocycles. The van der Waals surface area contributed by atoms with Crippen LogP contribution in [-0.2, 0) is 4.74 Å². The Labute approximate surface area is 114 Å². The van der Waals surface area contributed by atoms with Gasteiger partial charge in [0.2, 0.25) is 0 Å². The Morgan fingerprint density at radius 2 is 1.72 bits per heavy atom. The molecule has 0 radical (unpaired) electrons. The lowest BCUT2D eigenvalue weighted by Gasteiger charge is -2.31. The van der Waals surface area contributed by atoms with Gasteiger partial charge in [-0.05, 0) is 56.4 Å². The molecule has 1 fully saturated rings. The van der Waals surface area contributed by atoms with Crippen molar-refractivity contribution in [3.63, 3.8) is 0 Å². The van der Waals surface area contributed by atoms with E-state index < -0.39 is 0 Å². The third-order valence-electron chi connectivity index (χ3n) is 3.90. The lowest BCUT2D eigenvalue weighted by Crippen LogP contribution is -2.29. The molecule has 2 nitrogen and oxygen atoms in total. The van der Waals surface area contributed by atoms with Crippen LogP contribution < -0.4 is 5.32 Å². The molecule has 0 aromatic rings. The van der Waals surface area contributed by atoms with Crippen molar-refractivity contribution in [3.05, 3.63) is 0 Å². The van der Waals surface area contributed by atoms with Crippen molar-refractivity contribution in [1.29, 1.82) is 0 Å². The number of nitrogens with one attached hydrogen (secondary N) is 1. The second kappa shape index (κ2) is 8.92. The van der Waals surface area contributed by atoms with Gasteiger partial charge in [-0.2, -0.15) is 0 Å². The Balaban J connectivity index is 1.94. The summed E-state index contributed by atoms with van der Waals surface area (Å²) in [6.07, 6.45) is 7.03. The predicted molar refractivity (Wildman–Crippen MR) is 78.9 cm³/mol. The van der Waals surface area contributed by atoms with Crippen LogP contribution >= 0.6 is 0 Å². The molecule has 0 amide bonds. The van der Waals surface area contributed by atoms with Crippen LogP contribution in [-0.4, -0.2) is 25.8 Å². The fourth-order valence-electron chi connectivity index (χ4n) is 3.07. The van der Waals surface area contributed by atoms with E-state index in [0.717, 1.165) is 37.5 Å². The van der Waals surface area contributed by atoms with Gasteiger partial charge in [0.15, 0.2) is 0 Å². The van der Waals surface area contributed by atoms with Crippen molar-refractivity contribution in [3.8, 4) is 0 Å². The van der Waals surface area contributed by atoms with Crippen molar-refractivity contribution in [2.45, 2.75) is 65.9 Å². The van der Waals surface area contributed by atoms with Crippen LogP contribution in [0.25, 0.3) is 0 Å². The molecular weight excluding hydrogens is 222 g/mol. The summed E-state index contributed by atoms with van der Waals surface area (Å²) >= 11 is 0. The SMILES string of the molecule is CC(C)CCCNCCOC1CC(C)CC(C)C1. The highest BCUT2D eigenvalue weighted by atomic mass is 16.5. The van der Waals surface area contributed by atoms with Gasteiger partial charge in [-0.3, -0.25) is 0 Å². The first kappa shape index (κ1) is 16.0. The van der Waals surface area contributed by atoms with E-state index in [-0.39, 0.29) is 0 Å². The zero-order valence-corrected chi connectivity index (χ0v) is 12.9. The van der Waals surface area contributed by atoms with Gasteiger partial charge in [0.25, 0.3) is 0 Å². The van der Waals surface area contributed by atoms with Crippen molar-refractivity contribution in [1.82, 2.24) is 5.32 Å². The minimum absolute atomic E-state index is 0.515. The van der Waals surface area contributed by atoms with Crippen molar-refractivity contribution in [2.24, 2.45) is 17.8 Å². The van der Waals surface area contributed by atoms with Crippen LogP contribution in [0.1, 0.15) is 59.8 Å². The van der Waals surface area contributed by atoms with E-state index in [4.69, 9.17) is 4.74 Å². The maximum atomic E-state index is 5.99. The average Bonchev–Trinajstić information content (AvgIpc) is 2.26. The smallest absolute Gasteiger partial charge is 0.0594 e. The lowest BCUT2D eigenvalue weighted by atomic mass is 9.82. The van der Waals surface area contributed by atoms with E-state index in [0.29, 0.717) is 6.10 Å². The molecule has 2 heteroatoms. The fourth-order valence-corrected chi connectivity index (χ4v) is 3.07. The van der Waals surface area contributed by atoms with E-state index in [9.17, 15) is 0 Å². The Hall–Kier alpha value is -0.0800. The van der Waals surface area contributed by atoms with E-state index in [2.05, 4.69) is 33.0 Å². The Morgan fingerprint density at radius 1 is 1.06 bits per heavy atom. The summed E-state index contributed by atoms with van der Waals surface area (Å²) in [4.78, 5) is 0. The largest absolute Gasteiger partial charge is 0.377 e. The molecule has 0 aromatic heterocycles. The Bertz CT molecular complexity index is 195. The summed E-state index contributed by atoms with van der Waals surface area (Å²) in [6, 6.07) is 0. The second-order valence-corrected chi connectivity index (χ2v) is 6.70. The monoisotopic (exact) mass is 255 g/mol. The second-order valence-electron chi connectivity index (χ2n) is 6.70. The molecule has 2 atom stereocenters. The van der Waals surface area contributed by atoms with Gasteiger partial charge < -0.3 is 10.1 Å². The normalized spacial score (nSPS) is 28.8. The van der Waals surface area contributed by atoms with E-state index >= 15 is 0 Å². The average molecular weight is 255 g/mol. The van der Waals surface area contributed by atoms with Crippen LogP contribution in [0, 0.1) is 17.8 Å². The van der Waals surface area contributed by atoms with E-state index in [1.165, 1.54) is 32.1 Å². The van der Waals surface area contributed by atoms with Gasteiger partial charge in [0.05, 0.1) is 12.7 Å². The number of rotatable bonds is 8. The Kier molecular flexibility index (Phi) is 7.92. The minimum Gasteiger partial charge on any atom is -0.377 e. The van der Waals surface area contributed by atoms with Gasteiger partial charge in [-0.15, -0.1) is 0 Å². The molecule has 0 aromatic carbocycles. The van der Waals surface area contributed by atoms with Crippen LogP contribution in [0.15, 0.2) is 0 Å². The fraction of sp³-hybridized carbons (Fsp3) is 1.00. The number of ether oxygens (including phenoxy) is 1. The third kappa shape index (κ3) is 7.38. The van der Waals surface area contributed by atoms with Crippen LogP contribution in [0.3, 0.4) is 0 Å². The summed E-state index contributed by atoms with van der Waals surface area (Å²) in [6.45, 7) is 12.3. The topological polar surface area (TPSA) is 21.3 Å². The molecule has 1 N–H and O–H groups in total. The minimum atomic E-state index is 0.515. The highest BCUT2D eigenvalue weighted by Crippen LogP contribution is 2.30. The van der Waals surface area contributed by atoms with E-state index in [1.807, 2.05) is 0 Å². The van der Waals surface area contributed by atoms with Gasteiger partial charge in [0, 0.05) is 6.54 Å². The van der Waals surface area contributed by atoms with Gasteiger partial charge in [-0.25, -0.2) is 0 Å². The van der Waals surface area contributed by atoms with Crippen molar-refractivity contribution in [2.75, 3.05) is 19.7 Å². The summed E-state index contributed by atoms with van der Waals surface area (Å²) in [5.41, 5.74) is 0. The molecule has 108 valence electrons. The molecule has 0 aliphatic heterocycles. The first-order valence-electron chi connectivity index (χ1n) is 7.90. The molecule has 1 saturated carbocycles. The standard InChI is InChI=1S/C16H33NO/c1-13(2)6-5-7-17-8-9-18-16-11-14(3)10-15(4)12-16/h13-17H,5-12H2,1-4H3. The zero-order chi connectivity index (χ0) is 13.4. The summed E-state index contributed by atoms with van der Waals surface area (Å²) in [5, 5.41) is 3.48. The van der Waals surface area contributed by atoms with Crippen molar-refractivity contribution < 1.29 is 4.74 Å². The Morgan fingerprint density at radius 3 is 2.33 bits per heavy atom. The molecular formula is C16H33NO. The third-order valence-corrected chi connectivity index (χ3v) is 3.90. The highest BCUT2D eigenvalue weighted by molar-refractivity contribution is 4.75. The first-order chi connectivity index (χ1) is 8.58. The predicted octanol–water partition coefficient (Wildman–Crippen LogP) is 3.85. The van der Waals surface area contributed by atoms with Gasteiger partial charge in [-0.1, -0.05) is 27.7 Å². The summed E-state index contributed by atoms with van der Waals surface area (Å²) in [5.74, 6) is 2.52. The molecule has 0 bridgehead atoms. The molecule has 1 aliphatic rings. The maximum Gasteiger partial charge on any atom is 0.0594 e. The van der Waals surface area contributed by atoms with Gasteiger partial charge in [0.1, 0.15) is 0 Å². The number of hydrogen-bond donors (Lipinski definition) is 1. The summed E-state index contributed by atoms with van der Waals surface area (Å²) < 4.78 is 5.99. The highest BCUT2D eigenvalue weighted by Gasteiger charge is 2.23. The molecule has 2 unspecified atom stereocenters. The maximum absolute atomic E-state index is 5.99. The molecule has 1 aliphatic carbocycles. The van der Waals surface area contributed by atoms with Crippen LogP contribution in [0.4, 0.5) is 0 Å². The van der Waals surface area contributed by atoms with Crippen LogP contribution in [0.2, 0.25) is 0 Å². The quantitative estimate of drug-likeness (QED) is 0.665. The molecule has 1 rings (SSSR count). The van der Waals surface area contributed by atoms with E-state index in [1.54, 1.807) is 0 Å². The summed E-state index contributed by atoms with van der Waals surface area (Å²) in [7, 11) is 0. The van der Waals surface area contributed by atoms with Crippen LogP contribution in [0.5, 0.6) is 0 Å². The molecule has 18 heavy (non-hydrogen) atoms. The first-order valence-corrected chi connectivity index (χ1v) is 7.90. The molecule has 0 spiro atoms. The van der Waals surface area contributed by atoms with Crippen molar-refractivity contribution >= 4 is 0 Å². The lowest BCUT2D eigenvalue weighted by molar-refractivity contribution is 0.00273. The molecule has 0 saturated heterocycles. The zero-order valence-electron chi connectivity index (χ0n) is 12.9.